The van der Waals surface area contributed by atoms with Crippen LogP contribution in [0.15, 0.2) is 30.3 Å². The molecule has 2 rings (SSSR count). The predicted octanol–water partition coefficient (Wildman–Crippen LogP) is -4.70. The minimum atomic E-state index is -0.540. The zero-order valence-electron chi connectivity index (χ0n) is 14.7. The molecule has 1 aliphatic heterocycles. The van der Waals surface area contributed by atoms with E-state index in [1.165, 1.54) is 7.11 Å². The lowest BCUT2D eigenvalue weighted by molar-refractivity contribution is -0.405. The third-order valence-corrected chi connectivity index (χ3v) is 4.15. The zero-order valence-corrected chi connectivity index (χ0v) is 15.5. The minimum absolute atomic E-state index is 0. The summed E-state index contributed by atoms with van der Waals surface area (Å²) in [6, 6.07) is 8.69. The number of nitrogens with one attached hydrogen (secondary N) is 1. The van der Waals surface area contributed by atoms with E-state index in [0.717, 1.165) is 12.0 Å². The first-order chi connectivity index (χ1) is 11.5. The molecule has 0 aliphatic carbocycles. The Balaban J connectivity index is 0.00000312. The average Bonchev–Trinajstić information content (AvgIpc) is 3.09. The number of hydrogen-bond acceptors (Lipinski definition) is 4. The Labute approximate surface area is 158 Å². The second-order valence-electron chi connectivity index (χ2n) is 5.87. The number of benzene rings is 1. The van der Waals surface area contributed by atoms with Crippen molar-refractivity contribution >= 4 is 17.8 Å². The van der Waals surface area contributed by atoms with E-state index in [-0.39, 0.29) is 36.2 Å². The van der Waals surface area contributed by atoms with Gasteiger partial charge >= 0.3 is 5.97 Å². The molecule has 146 valence electrons. The van der Waals surface area contributed by atoms with Gasteiger partial charge in [-0.15, -0.1) is 0 Å². The van der Waals surface area contributed by atoms with Crippen LogP contribution in [0.3, 0.4) is 0 Å². The van der Waals surface area contributed by atoms with E-state index in [2.05, 4.69) is 15.8 Å². The van der Waals surface area contributed by atoms with Gasteiger partial charge in [0.15, 0.2) is 6.04 Å². The van der Waals surface area contributed by atoms with Gasteiger partial charge in [-0.3, -0.25) is 14.4 Å². The molecule has 0 unspecified atom stereocenters. The molecule has 1 saturated heterocycles. The third-order valence-electron chi connectivity index (χ3n) is 4.15. The highest BCUT2D eigenvalue weighted by atomic mass is 35.5. The van der Waals surface area contributed by atoms with Crippen molar-refractivity contribution in [2.75, 3.05) is 20.2 Å². The van der Waals surface area contributed by atoms with E-state index in [1.807, 2.05) is 30.3 Å². The maximum absolute atomic E-state index is 12.7. The number of hydrogen-bond donors (Lipinski definition) is 2. The van der Waals surface area contributed by atoms with E-state index >= 15 is 0 Å². The van der Waals surface area contributed by atoms with Crippen molar-refractivity contribution in [3.05, 3.63) is 35.9 Å². The molecule has 0 radical (unpaired) electrons. The molecule has 1 heterocycles. The number of esters is 1. The lowest BCUT2D eigenvalue weighted by Crippen LogP contribution is -3.00. The maximum Gasteiger partial charge on any atom is 0.325 e. The fraction of sp³-hybridized carbons (Fsp3) is 0.471. The largest absolute Gasteiger partial charge is 1.00 e. The van der Waals surface area contributed by atoms with E-state index < -0.39 is 18.1 Å². The molecule has 2 amide bonds. The second-order valence-corrected chi connectivity index (χ2v) is 5.87. The molecule has 26 heavy (non-hydrogen) atoms. The summed E-state index contributed by atoms with van der Waals surface area (Å²) in [6.45, 7) is 0.349. The highest BCUT2D eigenvalue weighted by molar-refractivity contribution is 5.91. The number of likely N-dealkylation sites (tertiary alicyclic amines) is 1. The van der Waals surface area contributed by atoms with Gasteiger partial charge in [0.2, 0.25) is 5.91 Å². The first kappa shape index (κ1) is 23.8. The van der Waals surface area contributed by atoms with Gasteiger partial charge in [0.1, 0.15) is 12.6 Å². The molecule has 1 aliphatic rings. The molecule has 1 fully saturated rings. The fourth-order valence-corrected chi connectivity index (χ4v) is 2.87. The predicted molar refractivity (Wildman–Crippen MR) is 90.2 cm³/mol. The molecule has 6 N–H and O–H groups in total. The molecule has 8 nitrogen and oxygen atoms in total. The van der Waals surface area contributed by atoms with Crippen LogP contribution in [0.25, 0.3) is 0 Å². The fourth-order valence-electron chi connectivity index (χ4n) is 2.87. The monoisotopic (exact) mass is 387 g/mol. The van der Waals surface area contributed by atoms with Crippen LogP contribution in [-0.4, -0.2) is 60.4 Å². The molecule has 9 heteroatoms. The molecule has 0 aromatic heterocycles. The Morgan fingerprint density at radius 2 is 1.96 bits per heavy atom. The number of quaternary nitrogens is 1. The first-order valence-corrected chi connectivity index (χ1v) is 8.05. The Morgan fingerprint density at radius 3 is 2.58 bits per heavy atom. The summed E-state index contributed by atoms with van der Waals surface area (Å²) in [6.07, 6.45) is 1.89. The number of methoxy groups -OCH3 is 1. The smallest absolute Gasteiger partial charge is 0.325 e. The third kappa shape index (κ3) is 6.29. The summed E-state index contributed by atoms with van der Waals surface area (Å²) < 4.78 is 4.50. The van der Waals surface area contributed by atoms with Crippen LogP contribution in [0.4, 0.5) is 0 Å². The molecule has 1 aromatic rings. The van der Waals surface area contributed by atoms with Crippen LogP contribution in [0, 0.1) is 0 Å². The first-order valence-electron chi connectivity index (χ1n) is 8.05. The summed E-state index contributed by atoms with van der Waals surface area (Å²) in [5.74, 6) is -0.967. The number of amides is 2. The number of rotatable bonds is 6. The van der Waals surface area contributed by atoms with Crippen molar-refractivity contribution in [1.82, 2.24) is 10.2 Å². The van der Waals surface area contributed by atoms with Crippen LogP contribution >= 0.6 is 0 Å². The molecular weight excluding hydrogens is 362 g/mol. The van der Waals surface area contributed by atoms with Crippen LogP contribution in [0.2, 0.25) is 0 Å². The summed E-state index contributed by atoms with van der Waals surface area (Å²) in [7, 11) is 1.26. The molecule has 0 spiro atoms. The van der Waals surface area contributed by atoms with Crippen molar-refractivity contribution in [3.63, 3.8) is 0 Å². The number of carbonyl (C=O) groups is 3. The summed E-state index contributed by atoms with van der Waals surface area (Å²) >= 11 is 0. The van der Waals surface area contributed by atoms with Crippen LogP contribution in [0.5, 0.6) is 0 Å². The zero-order chi connectivity index (χ0) is 17.5. The Morgan fingerprint density at radius 1 is 1.31 bits per heavy atom. The molecule has 0 bridgehead atoms. The summed E-state index contributed by atoms with van der Waals surface area (Å²) in [5, 5.41) is 2.52. The van der Waals surface area contributed by atoms with Crippen molar-refractivity contribution in [1.29, 1.82) is 0 Å². The number of nitrogens with zero attached hydrogens (tertiary/aromatic N) is 1. The Bertz CT molecular complexity index is 599. The number of halogens is 1. The topological polar surface area (TPSA) is 135 Å². The normalized spacial score (nSPS) is 16.7. The van der Waals surface area contributed by atoms with Gasteiger partial charge in [0.25, 0.3) is 5.91 Å². The van der Waals surface area contributed by atoms with Gasteiger partial charge in [0, 0.05) is 13.0 Å². The van der Waals surface area contributed by atoms with E-state index in [0.29, 0.717) is 19.4 Å². The Hall–Kier alpha value is -2.16. The van der Waals surface area contributed by atoms with Crippen molar-refractivity contribution in [3.8, 4) is 0 Å². The van der Waals surface area contributed by atoms with Crippen LogP contribution < -0.4 is 23.5 Å². The lowest BCUT2D eigenvalue weighted by atomic mass is 10.1. The van der Waals surface area contributed by atoms with E-state index in [4.69, 9.17) is 0 Å². The van der Waals surface area contributed by atoms with E-state index in [1.54, 1.807) is 4.90 Å². The highest BCUT2D eigenvalue weighted by Crippen LogP contribution is 2.18. The average molecular weight is 388 g/mol. The lowest BCUT2D eigenvalue weighted by Gasteiger charge is -2.25. The number of ether oxygens (including phenoxy) is 1. The summed E-state index contributed by atoms with van der Waals surface area (Å²) in [4.78, 5) is 37.6. The second kappa shape index (κ2) is 11.5. The molecule has 1 aromatic carbocycles. The van der Waals surface area contributed by atoms with Crippen LogP contribution in [0.1, 0.15) is 18.4 Å². The van der Waals surface area contributed by atoms with Crippen molar-refractivity contribution in [2.45, 2.75) is 31.3 Å². The van der Waals surface area contributed by atoms with Crippen molar-refractivity contribution < 1.29 is 42.7 Å². The highest BCUT2D eigenvalue weighted by Gasteiger charge is 2.37. The number of carbonyl (C=O) groups excluding carboxylic acids is 3. The van der Waals surface area contributed by atoms with Crippen molar-refractivity contribution in [2.24, 2.45) is 0 Å². The van der Waals surface area contributed by atoms with E-state index in [9.17, 15) is 14.4 Å². The minimum Gasteiger partial charge on any atom is -1.00 e. The van der Waals surface area contributed by atoms with Gasteiger partial charge in [-0.1, -0.05) is 30.3 Å². The SMILES string of the molecule is COC(=O)CNC(=O)[C@H]1CCCN1C(=O)[C@H]([NH3+])Cc1ccccc1.O.[Cl-]. The molecular formula is C17H26ClN3O5. The Kier molecular flexibility index (Phi) is 10.5. The van der Waals surface area contributed by atoms with Gasteiger partial charge in [-0.05, 0) is 18.4 Å². The van der Waals surface area contributed by atoms with Crippen LogP contribution in [-0.2, 0) is 25.5 Å². The van der Waals surface area contributed by atoms with Gasteiger partial charge in [0.05, 0.1) is 7.11 Å². The standard InChI is InChI=1S/C17H23N3O4.ClH.H2O/c1-24-15(21)11-19-16(22)14-8-5-9-20(14)17(23)13(18)10-12-6-3-2-4-7-12;;/h2-4,6-7,13-14H,5,8-11,18H2,1H3,(H,19,22);1H;1H2/t13-,14-;;/m1../s1. The molecule has 2 atom stereocenters. The van der Waals surface area contributed by atoms with Gasteiger partial charge in [-0.25, -0.2) is 0 Å². The quantitative estimate of drug-likeness (QED) is 0.474. The molecule has 0 saturated carbocycles. The maximum atomic E-state index is 12.7. The van der Waals surface area contributed by atoms with Gasteiger partial charge < -0.3 is 38.6 Å². The van der Waals surface area contributed by atoms with Gasteiger partial charge in [-0.2, -0.15) is 0 Å². The summed E-state index contributed by atoms with van der Waals surface area (Å²) in [5.41, 5.74) is 5.00.